The molecule has 0 N–H and O–H groups in total. The zero-order valence-corrected chi connectivity index (χ0v) is 27.1. The molecule has 40 heavy (non-hydrogen) atoms. The summed E-state index contributed by atoms with van der Waals surface area (Å²) >= 11 is 0. The average molecular weight is 564 g/mol. The molecule has 5 heteroatoms. The van der Waals surface area contributed by atoms with E-state index in [1.54, 1.807) is 0 Å². The third-order valence-corrected chi connectivity index (χ3v) is 12.7. The fourth-order valence-corrected chi connectivity index (χ4v) is 8.47. The summed E-state index contributed by atoms with van der Waals surface area (Å²) in [6, 6.07) is 23.9. The van der Waals surface area contributed by atoms with Gasteiger partial charge in [-0.05, 0) is 69.8 Å². The molecule has 0 aromatic heterocycles. The number of esters is 1. The van der Waals surface area contributed by atoms with Gasteiger partial charge in [0.05, 0.1) is 12.0 Å². The minimum Gasteiger partial charge on any atom is -0.460 e. The number of carbonyl (C=O) groups excluding carboxylic acids is 1. The van der Waals surface area contributed by atoms with Crippen LogP contribution in [0.2, 0.25) is 18.1 Å². The molecule has 2 rings (SSSR count). The predicted octanol–water partition coefficient (Wildman–Crippen LogP) is 9.12. The normalized spacial score (nSPS) is 15.2. The van der Waals surface area contributed by atoms with Gasteiger partial charge in [-0.3, -0.25) is 9.69 Å². The van der Waals surface area contributed by atoms with Gasteiger partial charge in [-0.1, -0.05) is 93.6 Å². The van der Waals surface area contributed by atoms with Crippen LogP contribution in [0.1, 0.15) is 78.5 Å². The monoisotopic (exact) mass is 563 g/mol. The van der Waals surface area contributed by atoms with E-state index in [1.807, 2.05) is 45.1 Å². The zero-order chi connectivity index (χ0) is 29.8. The topological polar surface area (TPSA) is 38.8 Å². The Balaban J connectivity index is 2.80. The molecule has 220 valence electrons. The van der Waals surface area contributed by atoms with E-state index >= 15 is 0 Å². The summed E-state index contributed by atoms with van der Waals surface area (Å²) < 4.78 is 13.4. The zero-order valence-electron chi connectivity index (χ0n) is 26.1. The molecule has 0 aliphatic rings. The third-order valence-electron chi connectivity index (χ3n) is 8.03. The van der Waals surface area contributed by atoms with Gasteiger partial charge < -0.3 is 9.16 Å². The Labute approximate surface area is 245 Å². The van der Waals surface area contributed by atoms with E-state index in [9.17, 15) is 4.79 Å². The molecule has 0 saturated carbocycles. The van der Waals surface area contributed by atoms with Gasteiger partial charge in [-0.15, -0.1) is 13.2 Å². The molecule has 2 aromatic rings. The second-order valence-corrected chi connectivity index (χ2v) is 16.5. The molecule has 0 radical (unpaired) electrons. The first-order chi connectivity index (χ1) is 19.0. The van der Waals surface area contributed by atoms with Crippen LogP contribution in [0.25, 0.3) is 0 Å². The molecule has 4 atom stereocenters. The van der Waals surface area contributed by atoms with Crippen molar-refractivity contribution in [3.05, 3.63) is 97.1 Å². The van der Waals surface area contributed by atoms with Crippen LogP contribution in [0, 0.1) is 5.92 Å². The maximum atomic E-state index is 14.0. The number of rotatable bonds is 17. The van der Waals surface area contributed by atoms with E-state index in [0.717, 1.165) is 18.1 Å². The summed E-state index contributed by atoms with van der Waals surface area (Å²) in [5.41, 5.74) is 1.80. The maximum Gasteiger partial charge on any atom is 0.311 e. The van der Waals surface area contributed by atoms with Crippen molar-refractivity contribution < 1.29 is 14.0 Å². The van der Waals surface area contributed by atoms with Crippen molar-refractivity contribution in [3.63, 3.8) is 0 Å². The van der Waals surface area contributed by atoms with Gasteiger partial charge in [0, 0.05) is 18.6 Å². The fraction of sp³-hybridized carbons (Fsp3) is 0.514. The highest BCUT2D eigenvalue weighted by Gasteiger charge is 2.44. The fourth-order valence-electron chi connectivity index (χ4n) is 5.60. The van der Waals surface area contributed by atoms with E-state index in [-0.39, 0.29) is 24.2 Å². The Hall–Kier alpha value is -2.47. The van der Waals surface area contributed by atoms with Gasteiger partial charge >= 0.3 is 5.97 Å². The number of carbonyl (C=O) groups is 1. The highest BCUT2D eigenvalue weighted by molar-refractivity contribution is 6.73. The summed E-state index contributed by atoms with van der Waals surface area (Å²) in [7, 11) is -2.04. The molecule has 0 aliphatic carbocycles. The van der Waals surface area contributed by atoms with E-state index in [0.29, 0.717) is 19.4 Å². The number of nitrogens with zero attached hydrogens (tertiary/aromatic N) is 1. The Bertz CT molecular complexity index is 1020. The second-order valence-electron chi connectivity index (χ2n) is 11.8. The SMILES string of the molecule is C=CC[C@H](C(=O)OC(C)(C)C)[C@H]([C@@H](CC=C)O[Si](CC)(CC)CC)N(Cc1ccccc1)[C@@H](C)c1ccccc1. The minimum absolute atomic E-state index is 0.0259. The molecule has 0 bridgehead atoms. The highest BCUT2D eigenvalue weighted by atomic mass is 28.4. The van der Waals surface area contributed by atoms with Crippen molar-refractivity contribution in [3.8, 4) is 0 Å². The molecule has 0 spiro atoms. The van der Waals surface area contributed by atoms with Crippen LogP contribution >= 0.6 is 0 Å². The van der Waals surface area contributed by atoms with Gasteiger partial charge in [0.25, 0.3) is 0 Å². The molecule has 0 unspecified atom stereocenters. The summed E-state index contributed by atoms with van der Waals surface area (Å²) in [6.07, 6.45) is 4.75. The Morgan fingerprint density at radius 3 is 1.90 bits per heavy atom. The summed E-state index contributed by atoms with van der Waals surface area (Å²) in [5.74, 6) is -0.654. The molecule has 2 aromatic carbocycles. The van der Waals surface area contributed by atoms with E-state index in [2.05, 4.69) is 94.3 Å². The van der Waals surface area contributed by atoms with E-state index < -0.39 is 19.8 Å². The first-order valence-electron chi connectivity index (χ1n) is 15.0. The summed E-state index contributed by atoms with van der Waals surface area (Å²) in [5, 5.41) is 0. The first-order valence-corrected chi connectivity index (χ1v) is 17.5. The van der Waals surface area contributed by atoms with Crippen LogP contribution in [-0.4, -0.2) is 36.9 Å². The second kappa shape index (κ2) is 16.1. The van der Waals surface area contributed by atoms with Crippen LogP contribution in [0.3, 0.4) is 0 Å². The molecule has 0 heterocycles. The van der Waals surface area contributed by atoms with Crippen LogP contribution in [0.15, 0.2) is 86.0 Å². The number of allylic oxidation sites excluding steroid dienone is 1. The number of hydrogen-bond acceptors (Lipinski definition) is 4. The third kappa shape index (κ3) is 9.57. The van der Waals surface area contributed by atoms with Gasteiger partial charge in [-0.25, -0.2) is 0 Å². The van der Waals surface area contributed by atoms with Crippen molar-refractivity contribution in [1.29, 1.82) is 0 Å². The van der Waals surface area contributed by atoms with E-state index in [1.165, 1.54) is 11.1 Å². The van der Waals surface area contributed by atoms with Crippen molar-refractivity contribution in [2.45, 2.75) is 110 Å². The number of benzene rings is 2. The average Bonchev–Trinajstić information content (AvgIpc) is 2.94. The Morgan fingerprint density at radius 1 is 0.900 bits per heavy atom. The van der Waals surface area contributed by atoms with Crippen LogP contribution < -0.4 is 0 Å². The smallest absolute Gasteiger partial charge is 0.311 e. The minimum atomic E-state index is -2.04. The predicted molar refractivity (Wildman–Crippen MR) is 172 cm³/mol. The lowest BCUT2D eigenvalue weighted by molar-refractivity contribution is -0.165. The quantitative estimate of drug-likeness (QED) is 0.109. The van der Waals surface area contributed by atoms with Gasteiger partial charge in [0.2, 0.25) is 0 Å². The largest absolute Gasteiger partial charge is 0.460 e. The lowest BCUT2D eigenvalue weighted by Gasteiger charge is -2.46. The van der Waals surface area contributed by atoms with Crippen molar-refractivity contribution in [1.82, 2.24) is 4.90 Å². The molecule has 0 amide bonds. The van der Waals surface area contributed by atoms with Crippen LogP contribution in [0.4, 0.5) is 0 Å². The standard InChI is InChI=1S/C35H53NO3Si/c1-10-21-31(34(37)38-35(7,8)9)33(32(22-11-2)39-40(12-3,13-4)14-5)36(27-29-23-17-15-18-24-29)28(6)30-25-19-16-20-26-30/h10-11,15-20,23-26,28,31-33H,1-2,12-14,21-22,27H2,3-9H3/t28-,31-,32+,33+/m0/s1. The highest BCUT2D eigenvalue weighted by Crippen LogP contribution is 2.36. The molecule has 0 saturated heterocycles. The molecule has 4 nitrogen and oxygen atoms in total. The van der Waals surface area contributed by atoms with Gasteiger partial charge in [-0.2, -0.15) is 0 Å². The van der Waals surface area contributed by atoms with Crippen molar-refractivity contribution in [2.24, 2.45) is 5.92 Å². The molecule has 0 fully saturated rings. The lowest BCUT2D eigenvalue weighted by atomic mass is 9.86. The lowest BCUT2D eigenvalue weighted by Crippen LogP contribution is -2.56. The summed E-state index contributed by atoms with van der Waals surface area (Å²) in [6.45, 7) is 23.6. The van der Waals surface area contributed by atoms with Gasteiger partial charge in [0.1, 0.15) is 5.60 Å². The number of hydrogen-bond donors (Lipinski definition) is 0. The van der Waals surface area contributed by atoms with E-state index in [4.69, 9.17) is 9.16 Å². The Kier molecular flexibility index (Phi) is 13.6. The first kappa shape index (κ1) is 33.7. The van der Waals surface area contributed by atoms with Crippen molar-refractivity contribution in [2.75, 3.05) is 0 Å². The Morgan fingerprint density at radius 2 is 1.43 bits per heavy atom. The summed E-state index contributed by atoms with van der Waals surface area (Å²) in [4.78, 5) is 16.5. The molecular weight excluding hydrogens is 510 g/mol. The van der Waals surface area contributed by atoms with Gasteiger partial charge in [0.15, 0.2) is 8.32 Å². The van der Waals surface area contributed by atoms with Crippen LogP contribution in [-0.2, 0) is 20.5 Å². The molecular formula is C35H53NO3Si. The van der Waals surface area contributed by atoms with Crippen molar-refractivity contribution >= 4 is 14.3 Å². The molecule has 0 aliphatic heterocycles. The van der Waals surface area contributed by atoms with Crippen LogP contribution in [0.5, 0.6) is 0 Å². The number of ether oxygens (including phenoxy) is 1. The maximum absolute atomic E-state index is 14.0.